The Labute approximate surface area is 131 Å². The summed E-state index contributed by atoms with van der Waals surface area (Å²) in [5, 5.41) is 1.77. The molecule has 0 bridgehead atoms. The Balaban J connectivity index is 1.64. The topological polar surface area (TPSA) is 0 Å². The summed E-state index contributed by atoms with van der Waals surface area (Å²) < 4.78 is 0. The Morgan fingerprint density at radius 1 is 1.14 bits per heavy atom. The molecule has 0 heterocycles. The molecular formula is C20H26Si. The molecule has 0 nitrogen and oxygen atoms in total. The van der Waals surface area contributed by atoms with Crippen molar-refractivity contribution >= 4 is 8.80 Å². The summed E-state index contributed by atoms with van der Waals surface area (Å²) in [6.07, 6.45) is 23.7. The van der Waals surface area contributed by atoms with Gasteiger partial charge in [-0.05, 0) is 55.3 Å². The van der Waals surface area contributed by atoms with Gasteiger partial charge in [0.1, 0.15) is 0 Å². The second-order valence-electron chi connectivity index (χ2n) is 7.51. The molecule has 2 radical (unpaired) electrons. The van der Waals surface area contributed by atoms with Crippen LogP contribution in [-0.2, 0) is 0 Å². The molecule has 0 aromatic heterocycles. The summed E-state index contributed by atoms with van der Waals surface area (Å²) in [4.78, 5) is 0. The highest BCUT2D eigenvalue weighted by Gasteiger charge is 2.47. The van der Waals surface area contributed by atoms with Gasteiger partial charge < -0.3 is 0 Å². The normalized spacial score (nSPS) is 41.0. The van der Waals surface area contributed by atoms with Crippen LogP contribution in [0.1, 0.15) is 25.7 Å². The summed E-state index contributed by atoms with van der Waals surface area (Å²) in [5.74, 6) is 3.73. The minimum Gasteiger partial charge on any atom is -0.0806 e. The predicted molar refractivity (Wildman–Crippen MR) is 92.5 cm³/mol. The van der Waals surface area contributed by atoms with Crippen LogP contribution in [0.15, 0.2) is 47.2 Å². The molecule has 0 aliphatic heterocycles. The second kappa shape index (κ2) is 5.42. The van der Waals surface area contributed by atoms with Crippen LogP contribution in [0, 0.1) is 36.0 Å². The fraction of sp³-hybridized carbons (Fsp3) is 0.550. The molecule has 5 atom stereocenters. The first-order valence-electron chi connectivity index (χ1n) is 8.76. The van der Waals surface area contributed by atoms with Crippen LogP contribution >= 0.6 is 0 Å². The fourth-order valence-corrected chi connectivity index (χ4v) is 6.78. The van der Waals surface area contributed by atoms with Gasteiger partial charge in [0.25, 0.3) is 0 Å². The van der Waals surface area contributed by atoms with Gasteiger partial charge in [-0.25, -0.2) is 0 Å². The number of rotatable bonds is 2. The van der Waals surface area contributed by atoms with E-state index in [2.05, 4.69) is 56.0 Å². The first-order valence-corrected chi connectivity index (χ1v) is 11.6. The van der Waals surface area contributed by atoms with Crippen molar-refractivity contribution in [1.29, 1.82) is 0 Å². The number of hydrogen-bond donors (Lipinski definition) is 0. The van der Waals surface area contributed by atoms with Crippen molar-refractivity contribution in [2.24, 2.45) is 29.6 Å². The van der Waals surface area contributed by atoms with Crippen molar-refractivity contribution in [2.45, 2.75) is 38.8 Å². The average Bonchev–Trinajstić information content (AvgIpc) is 3.11. The standard InChI is InChI=1S/C20H26Si/c1-21(2)20-12-6-11-18(20)17-10-5-9-16-15-8-4-3-7-14(15)13-19(16)17/h3-4,6-8,12,14-17,19,21H,5,9-11H2,1-2H3. The van der Waals surface area contributed by atoms with Crippen molar-refractivity contribution in [3.05, 3.63) is 53.6 Å². The Kier molecular flexibility index (Phi) is 3.57. The minimum absolute atomic E-state index is 0.598. The third-order valence-electron chi connectivity index (χ3n) is 6.08. The van der Waals surface area contributed by atoms with E-state index in [4.69, 9.17) is 0 Å². The number of allylic oxidation sites excluding steroid dienone is 8. The molecule has 4 aliphatic rings. The van der Waals surface area contributed by atoms with Crippen molar-refractivity contribution in [1.82, 2.24) is 0 Å². The van der Waals surface area contributed by atoms with Gasteiger partial charge in [0.05, 0.1) is 8.80 Å². The van der Waals surface area contributed by atoms with Gasteiger partial charge in [-0.1, -0.05) is 66.7 Å². The van der Waals surface area contributed by atoms with E-state index in [1.54, 1.807) is 5.20 Å². The predicted octanol–water partition coefficient (Wildman–Crippen LogP) is 4.75. The van der Waals surface area contributed by atoms with E-state index >= 15 is 0 Å². The van der Waals surface area contributed by atoms with Crippen LogP contribution in [0.5, 0.6) is 0 Å². The van der Waals surface area contributed by atoms with E-state index < -0.39 is 8.80 Å². The molecule has 0 aromatic rings. The third-order valence-corrected chi connectivity index (χ3v) is 7.89. The zero-order valence-electron chi connectivity index (χ0n) is 13.3. The molecule has 0 saturated heterocycles. The molecule has 4 rings (SSSR count). The summed E-state index contributed by atoms with van der Waals surface area (Å²) in [6.45, 7) is 4.97. The molecule has 110 valence electrons. The number of fused-ring (bicyclic) bond motifs is 3. The fourth-order valence-electron chi connectivity index (χ4n) is 5.18. The lowest BCUT2D eigenvalue weighted by Gasteiger charge is -2.37. The van der Waals surface area contributed by atoms with E-state index in [1.807, 2.05) is 5.57 Å². The van der Waals surface area contributed by atoms with Gasteiger partial charge in [-0.15, -0.1) is 0 Å². The molecule has 21 heavy (non-hydrogen) atoms. The maximum Gasteiger partial charge on any atom is 0.0646 e. The monoisotopic (exact) mass is 294 g/mol. The van der Waals surface area contributed by atoms with Gasteiger partial charge in [0, 0.05) is 0 Å². The smallest absolute Gasteiger partial charge is 0.0646 e. The molecule has 4 aliphatic carbocycles. The van der Waals surface area contributed by atoms with Gasteiger partial charge >= 0.3 is 0 Å². The summed E-state index contributed by atoms with van der Waals surface area (Å²) in [5.41, 5.74) is 1.81. The van der Waals surface area contributed by atoms with Crippen molar-refractivity contribution in [3.8, 4) is 0 Å². The van der Waals surface area contributed by atoms with E-state index in [1.165, 1.54) is 25.7 Å². The lowest BCUT2D eigenvalue weighted by atomic mass is 9.68. The maximum absolute atomic E-state index is 4.00. The van der Waals surface area contributed by atoms with Crippen LogP contribution in [0.3, 0.4) is 0 Å². The summed E-state index contributed by atoms with van der Waals surface area (Å²) >= 11 is 0. The van der Waals surface area contributed by atoms with Gasteiger partial charge in [0.15, 0.2) is 0 Å². The lowest BCUT2D eigenvalue weighted by molar-refractivity contribution is 0.204. The summed E-state index contributed by atoms with van der Waals surface area (Å²) in [7, 11) is -0.687. The maximum atomic E-state index is 4.00. The van der Waals surface area contributed by atoms with Crippen LogP contribution < -0.4 is 0 Å². The Bertz CT molecular complexity index is 534. The number of hydrogen-bond acceptors (Lipinski definition) is 0. The molecule has 0 spiro atoms. The summed E-state index contributed by atoms with van der Waals surface area (Å²) in [6, 6.07) is 0. The average molecular weight is 295 g/mol. The Hall–Kier alpha value is -0.823. The zero-order chi connectivity index (χ0) is 14.4. The third kappa shape index (κ3) is 2.25. The highest BCUT2D eigenvalue weighted by Crippen LogP contribution is 2.55. The zero-order valence-corrected chi connectivity index (χ0v) is 14.4. The first kappa shape index (κ1) is 13.8. The molecule has 2 saturated carbocycles. The lowest BCUT2D eigenvalue weighted by Crippen LogP contribution is -2.29. The van der Waals surface area contributed by atoms with Crippen LogP contribution in [0.25, 0.3) is 0 Å². The SMILES string of the molecule is C[SiH](C)C1=C(C2CCCC3C2[C]C2C=CC=CC23)CC=C1. The molecule has 0 aromatic carbocycles. The highest BCUT2D eigenvalue weighted by molar-refractivity contribution is 6.65. The molecule has 0 N–H and O–H groups in total. The van der Waals surface area contributed by atoms with E-state index in [0.717, 1.165) is 23.7 Å². The van der Waals surface area contributed by atoms with Gasteiger partial charge in [0.2, 0.25) is 0 Å². The largest absolute Gasteiger partial charge is 0.0806 e. The van der Waals surface area contributed by atoms with Crippen LogP contribution in [0.2, 0.25) is 13.1 Å². The van der Waals surface area contributed by atoms with Crippen molar-refractivity contribution < 1.29 is 0 Å². The van der Waals surface area contributed by atoms with E-state index in [9.17, 15) is 0 Å². The molecule has 2 fully saturated rings. The molecule has 0 amide bonds. The van der Waals surface area contributed by atoms with E-state index in [0.29, 0.717) is 5.92 Å². The first-order chi connectivity index (χ1) is 10.3. The Morgan fingerprint density at radius 3 is 2.86 bits per heavy atom. The molecule has 1 heteroatoms. The quantitative estimate of drug-likeness (QED) is 0.644. The Morgan fingerprint density at radius 2 is 2.00 bits per heavy atom. The minimum atomic E-state index is -0.687. The second-order valence-corrected chi connectivity index (χ2v) is 10.4. The van der Waals surface area contributed by atoms with E-state index in [-0.39, 0.29) is 0 Å². The molecular weight excluding hydrogens is 268 g/mol. The molecule has 5 unspecified atom stereocenters. The van der Waals surface area contributed by atoms with Crippen LogP contribution in [0.4, 0.5) is 0 Å². The van der Waals surface area contributed by atoms with Crippen LogP contribution in [-0.4, -0.2) is 8.80 Å². The van der Waals surface area contributed by atoms with Gasteiger partial charge in [-0.3, -0.25) is 0 Å². The highest BCUT2D eigenvalue weighted by atomic mass is 28.3. The van der Waals surface area contributed by atoms with Crippen molar-refractivity contribution in [2.75, 3.05) is 0 Å². The van der Waals surface area contributed by atoms with Crippen molar-refractivity contribution in [3.63, 3.8) is 0 Å². The van der Waals surface area contributed by atoms with Gasteiger partial charge in [-0.2, -0.15) is 0 Å².